The highest BCUT2D eigenvalue weighted by Gasteiger charge is 2.24. The van der Waals surface area contributed by atoms with Gasteiger partial charge in [-0.2, -0.15) is 0 Å². The molecule has 1 aromatic carbocycles. The van der Waals surface area contributed by atoms with Crippen LogP contribution in [0.4, 0.5) is 0 Å². The monoisotopic (exact) mass is 293 g/mol. The predicted molar refractivity (Wildman–Crippen MR) is 84.0 cm³/mol. The summed E-state index contributed by atoms with van der Waals surface area (Å²) in [7, 11) is 1.68. The quantitative estimate of drug-likeness (QED) is 0.876. The number of fused-ring (bicyclic) bond motifs is 1. The zero-order valence-corrected chi connectivity index (χ0v) is 13.7. The van der Waals surface area contributed by atoms with E-state index in [1.807, 2.05) is 32.9 Å². The summed E-state index contributed by atoms with van der Waals surface area (Å²) in [5.41, 5.74) is 2.18. The van der Waals surface area contributed by atoms with Gasteiger partial charge in [-0.25, -0.2) is 0 Å². The van der Waals surface area contributed by atoms with Crippen molar-refractivity contribution in [3.05, 3.63) is 23.3 Å². The van der Waals surface area contributed by atoms with Crippen LogP contribution in [-0.4, -0.2) is 31.0 Å². The minimum absolute atomic E-state index is 0.117. The third-order valence-corrected chi connectivity index (χ3v) is 3.93. The molecule has 0 amide bonds. The maximum absolute atomic E-state index is 10.1. The minimum atomic E-state index is -0.379. The molecule has 0 bridgehead atoms. The molecule has 0 fully saturated rings. The number of benzene rings is 1. The summed E-state index contributed by atoms with van der Waals surface area (Å²) in [6.45, 7) is 9.41. The number of ether oxygens (including phenoxy) is 2. The molecule has 2 rings (SSSR count). The molecule has 2 atom stereocenters. The number of methoxy groups -OCH3 is 1. The molecule has 0 aromatic heterocycles. The van der Waals surface area contributed by atoms with E-state index in [0.717, 1.165) is 23.5 Å². The van der Waals surface area contributed by atoms with Crippen molar-refractivity contribution >= 4 is 0 Å². The predicted octanol–water partition coefficient (Wildman–Crippen LogP) is 2.52. The van der Waals surface area contributed by atoms with Gasteiger partial charge in [-0.1, -0.05) is 20.8 Å². The van der Waals surface area contributed by atoms with Gasteiger partial charge in [0.05, 0.1) is 13.2 Å². The molecule has 0 radical (unpaired) electrons. The summed E-state index contributed by atoms with van der Waals surface area (Å²) >= 11 is 0. The Hall–Kier alpha value is -1.26. The Balaban J connectivity index is 2.05. The van der Waals surface area contributed by atoms with Gasteiger partial charge in [0.15, 0.2) is 0 Å². The van der Waals surface area contributed by atoms with E-state index in [1.54, 1.807) is 7.11 Å². The normalized spacial score (nSPS) is 19.0. The van der Waals surface area contributed by atoms with Crippen molar-refractivity contribution in [2.45, 2.75) is 52.9 Å². The maximum Gasteiger partial charge on any atom is 0.127 e. The molecule has 0 saturated carbocycles. The fourth-order valence-electron chi connectivity index (χ4n) is 2.48. The molecule has 1 aliphatic heterocycles. The van der Waals surface area contributed by atoms with Gasteiger partial charge < -0.3 is 19.9 Å². The molecule has 0 aliphatic carbocycles. The fraction of sp³-hybridized carbons (Fsp3) is 0.647. The molecule has 118 valence electrons. The number of hydrogen-bond acceptors (Lipinski definition) is 4. The van der Waals surface area contributed by atoms with Crippen molar-refractivity contribution in [3.63, 3.8) is 0 Å². The second-order valence-corrected chi connectivity index (χ2v) is 6.92. The Morgan fingerprint density at radius 3 is 2.76 bits per heavy atom. The van der Waals surface area contributed by atoms with Gasteiger partial charge in [-0.05, 0) is 24.5 Å². The van der Waals surface area contributed by atoms with Gasteiger partial charge in [0.1, 0.15) is 17.6 Å². The van der Waals surface area contributed by atoms with Crippen molar-refractivity contribution < 1.29 is 14.6 Å². The first-order valence-corrected chi connectivity index (χ1v) is 7.56. The highest BCUT2D eigenvalue weighted by Crippen LogP contribution is 2.36. The Morgan fingerprint density at radius 1 is 1.43 bits per heavy atom. The molecule has 0 saturated heterocycles. The zero-order chi connectivity index (χ0) is 15.6. The van der Waals surface area contributed by atoms with Crippen molar-refractivity contribution in [1.82, 2.24) is 5.32 Å². The van der Waals surface area contributed by atoms with Crippen LogP contribution in [0, 0.1) is 5.41 Å². The summed E-state index contributed by atoms with van der Waals surface area (Å²) in [6.07, 6.45) is 0.756. The van der Waals surface area contributed by atoms with Crippen LogP contribution in [0.2, 0.25) is 0 Å². The van der Waals surface area contributed by atoms with E-state index in [0.29, 0.717) is 13.1 Å². The van der Waals surface area contributed by atoms with Gasteiger partial charge in [0, 0.05) is 30.6 Å². The molecule has 4 heteroatoms. The van der Waals surface area contributed by atoms with Crippen molar-refractivity contribution in [2.24, 2.45) is 5.41 Å². The first-order valence-electron chi connectivity index (χ1n) is 7.56. The van der Waals surface area contributed by atoms with Crippen LogP contribution in [0.3, 0.4) is 0 Å². The number of hydrogen-bond donors (Lipinski definition) is 2. The molecular weight excluding hydrogens is 266 g/mol. The SMILES string of the molecule is COc1cc(CNCC(O)C(C)(C)C)c2c(c1)CC(C)O2. The van der Waals surface area contributed by atoms with Crippen LogP contribution in [0.25, 0.3) is 0 Å². The van der Waals surface area contributed by atoms with Gasteiger partial charge >= 0.3 is 0 Å². The molecular formula is C17H27NO3. The maximum atomic E-state index is 10.1. The Morgan fingerprint density at radius 2 is 2.14 bits per heavy atom. The van der Waals surface area contributed by atoms with E-state index < -0.39 is 0 Å². The molecule has 2 unspecified atom stereocenters. The van der Waals surface area contributed by atoms with Gasteiger partial charge in [0.25, 0.3) is 0 Å². The highest BCUT2D eigenvalue weighted by molar-refractivity contribution is 5.49. The van der Waals surface area contributed by atoms with Crippen molar-refractivity contribution in [1.29, 1.82) is 0 Å². The van der Waals surface area contributed by atoms with Crippen molar-refractivity contribution in [3.8, 4) is 11.5 Å². The molecule has 1 aromatic rings. The lowest BCUT2D eigenvalue weighted by Gasteiger charge is -2.26. The topological polar surface area (TPSA) is 50.7 Å². The van der Waals surface area contributed by atoms with E-state index in [4.69, 9.17) is 9.47 Å². The minimum Gasteiger partial charge on any atom is -0.497 e. The van der Waals surface area contributed by atoms with E-state index in [-0.39, 0.29) is 17.6 Å². The molecule has 4 nitrogen and oxygen atoms in total. The summed E-state index contributed by atoms with van der Waals surface area (Å²) in [6, 6.07) is 4.06. The zero-order valence-electron chi connectivity index (χ0n) is 13.7. The average Bonchev–Trinajstić information content (AvgIpc) is 2.77. The molecule has 1 aliphatic rings. The van der Waals surface area contributed by atoms with Crippen LogP contribution >= 0.6 is 0 Å². The summed E-state index contributed by atoms with van der Waals surface area (Å²) in [5.74, 6) is 1.83. The van der Waals surface area contributed by atoms with E-state index >= 15 is 0 Å². The Labute approximate surface area is 127 Å². The summed E-state index contributed by atoms with van der Waals surface area (Å²) < 4.78 is 11.3. The van der Waals surface area contributed by atoms with Crippen LogP contribution in [0.1, 0.15) is 38.8 Å². The second-order valence-electron chi connectivity index (χ2n) is 6.92. The van der Waals surface area contributed by atoms with Gasteiger partial charge in [-0.3, -0.25) is 0 Å². The van der Waals surface area contributed by atoms with E-state index in [9.17, 15) is 5.11 Å². The largest absolute Gasteiger partial charge is 0.497 e. The van der Waals surface area contributed by atoms with E-state index in [2.05, 4.69) is 12.2 Å². The van der Waals surface area contributed by atoms with Gasteiger partial charge in [-0.15, -0.1) is 0 Å². The molecule has 21 heavy (non-hydrogen) atoms. The first-order chi connectivity index (χ1) is 9.81. The lowest BCUT2D eigenvalue weighted by atomic mass is 9.89. The molecule has 2 N–H and O–H groups in total. The van der Waals surface area contributed by atoms with E-state index in [1.165, 1.54) is 5.56 Å². The van der Waals surface area contributed by atoms with Gasteiger partial charge in [0.2, 0.25) is 0 Å². The second kappa shape index (κ2) is 6.24. The highest BCUT2D eigenvalue weighted by atomic mass is 16.5. The lowest BCUT2D eigenvalue weighted by molar-refractivity contribution is 0.0627. The van der Waals surface area contributed by atoms with Crippen molar-refractivity contribution in [2.75, 3.05) is 13.7 Å². The average molecular weight is 293 g/mol. The fourth-order valence-corrected chi connectivity index (χ4v) is 2.48. The number of aliphatic hydroxyl groups excluding tert-OH is 1. The number of nitrogens with one attached hydrogen (secondary N) is 1. The summed E-state index contributed by atoms with van der Waals surface area (Å²) in [5, 5.41) is 13.4. The Kier molecular flexibility index (Phi) is 4.79. The Bertz CT molecular complexity index is 494. The first kappa shape index (κ1) is 16.1. The van der Waals surface area contributed by atoms with Crippen LogP contribution in [0.15, 0.2) is 12.1 Å². The molecule has 0 spiro atoms. The van der Waals surface area contributed by atoms with Crippen LogP contribution in [0.5, 0.6) is 11.5 Å². The number of aliphatic hydroxyl groups is 1. The number of rotatable bonds is 5. The molecule has 1 heterocycles. The third kappa shape index (κ3) is 3.89. The van der Waals surface area contributed by atoms with Crippen LogP contribution in [-0.2, 0) is 13.0 Å². The lowest BCUT2D eigenvalue weighted by Crippen LogP contribution is -2.36. The summed E-state index contributed by atoms with van der Waals surface area (Å²) in [4.78, 5) is 0. The van der Waals surface area contributed by atoms with Crippen LogP contribution < -0.4 is 14.8 Å². The standard InChI is InChI=1S/C17H27NO3/c1-11-6-12-7-14(20-5)8-13(16(12)21-11)9-18-10-15(19)17(2,3)4/h7-8,11,15,18-19H,6,9-10H2,1-5H3. The third-order valence-electron chi connectivity index (χ3n) is 3.93. The smallest absolute Gasteiger partial charge is 0.127 e.